The van der Waals surface area contributed by atoms with Gasteiger partial charge in [-0.2, -0.15) is 0 Å². The van der Waals surface area contributed by atoms with Crippen molar-refractivity contribution in [2.24, 2.45) is 5.41 Å². The Kier molecular flexibility index (Phi) is 5.05. The molecule has 128 valence electrons. The van der Waals surface area contributed by atoms with Crippen LogP contribution >= 0.6 is 0 Å². The van der Waals surface area contributed by atoms with Gasteiger partial charge < -0.3 is 0 Å². The van der Waals surface area contributed by atoms with E-state index >= 15 is 0 Å². The molecule has 0 amide bonds. The molecule has 2 aromatic rings. The number of likely N-dealkylation sites (tertiary alicyclic amines) is 1. The van der Waals surface area contributed by atoms with Crippen LogP contribution in [0.25, 0.3) is 11.3 Å². The largest absolute Gasteiger partial charge is 0.297 e. The molecule has 1 aromatic carbocycles. The SMILES string of the molecule is CC(C)c1ccc(-c2cccc(CN3CCC(C)(C)CC3)n2)cc1. The molecule has 1 saturated heterocycles. The van der Waals surface area contributed by atoms with Gasteiger partial charge in [0, 0.05) is 12.1 Å². The Morgan fingerprint density at radius 3 is 2.29 bits per heavy atom. The number of benzene rings is 1. The highest BCUT2D eigenvalue weighted by atomic mass is 15.1. The fourth-order valence-corrected chi connectivity index (χ4v) is 3.31. The van der Waals surface area contributed by atoms with E-state index in [0.717, 1.165) is 12.2 Å². The van der Waals surface area contributed by atoms with Crippen molar-refractivity contribution >= 4 is 0 Å². The van der Waals surface area contributed by atoms with Crippen molar-refractivity contribution in [2.45, 2.75) is 53.0 Å². The molecule has 3 rings (SSSR count). The number of rotatable bonds is 4. The molecule has 1 aromatic heterocycles. The van der Waals surface area contributed by atoms with Crippen LogP contribution in [0.3, 0.4) is 0 Å². The topological polar surface area (TPSA) is 16.1 Å². The molecule has 1 aliphatic heterocycles. The molecule has 1 aliphatic rings. The first-order valence-electron chi connectivity index (χ1n) is 9.22. The maximum Gasteiger partial charge on any atom is 0.0705 e. The Morgan fingerprint density at radius 1 is 1.00 bits per heavy atom. The average Bonchev–Trinajstić information content (AvgIpc) is 2.57. The summed E-state index contributed by atoms with van der Waals surface area (Å²) in [5.74, 6) is 0.571. The molecule has 1 fully saturated rings. The summed E-state index contributed by atoms with van der Waals surface area (Å²) in [6, 6.07) is 15.3. The molecule has 2 nitrogen and oxygen atoms in total. The normalized spacial score (nSPS) is 18.0. The van der Waals surface area contributed by atoms with Gasteiger partial charge in [0.05, 0.1) is 11.4 Å². The van der Waals surface area contributed by atoms with E-state index in [2.05, 4.69) is 75.1 Å². The summed E-state index contributed by atoms with van der Waals surface area (Å²) in [7, 11) is 0. The zero-order valence-electron chi connectivity index (χ0n) is 15.5. The third-order valence-corrected chi connectivity index (χ3v) is 5.28. The Bertz CT molecular complexity index is 661. The lowest BCUT2D eigenvalue weighted by Gasteiger charge is -2.36. The highest BCUT2D eigenvalue weighted by Crippen LogP contribution is 2.30. The van der Waals surface area contributed by atoms with Gasteiger partial charge in [0.15, 0.2) is 0 Å². The second-order valence-corrected chi connectivity index (χ2v) is 8.23. The molecule has 0 unspecified atom stereocenters. The van der Waals surface area contributed by atoms with E-state index in [9.17, 15) is 0 Å². The zero-order chi connectivity index (χ0) is 17.2. The Labute approximate surface area is 146 Å². The summed E-state index contributed by atoms with van der Waals surface area (Å²) in [4.78, 5) is 7.45. The highest BCUT2D eigenvalue weighted by Gasteiger charge is 2.25. The van der Waals surface area contributed by atoms with Crippen molar-refractivity contribution in [3.05, 3.63) is 53.7 Å². The van der Waals surface area contributed by atoms with Gasteiger partial charge in [0.25, 0.3) is 0 Å². The lowest BCUT2D eigenvalue weighted by atomic mass is 9.83. The minimum Gasteiger partial charge on any atom is -0.297 e. The predicted molar refractivity (Wildman–Crippen MR) is 102 cm³/mol. The van der Waals surface area contributed by atoms with E-state index < -0.39 is 0 Å². The van der Waals surface area contributed by atoms with Crippen molar-refractivity contribution in [1.29, 1.82) is 0 Å². The number of piperidine rings is 1. The summed E-state index contributed by atoms with van der Waals surface area (Å²) in [5.41, 5.74) is 5.36. The number of pyridine rings is 1. The van der Waals surface area contributed by atoms with Crippen molar-refractivity contribution < 1.29 is 0 Å². The van der Waals surface area contributed by atoms with Gasteiger partial charge in [-0.25, -0.2) is 0 Å². The maximum absolute atomic E-state index is 4.91. The summed E-state index contributed by atoms with van der Waals surface area (Å²) < 4.78 is 0. The Hall–Kier alpha value is -1.67. The van der Waals surface area contributed by atoms with Gasteiger partial charge in [-0.05, 0) is 55.0 Å². The van der Waals surface area contributed by atoms with Gasteiger partial charge in [-0.15, -0.1) is 0 Å². The van der Waals surface area contributed by atoms with E-state index in [1.165, 1.54) is 42.8 Å². The summed E-state index contributed by atoms with van der Waals surface area (Å²) in [5, 5.41) is 0. The Balaban J connectivity index is 1.70. The van der Waals surface area contributed by atoms with E-state index in [1.54, 1.807) is 0 Å². The van der Waals surface area contributed by atoms with Gasteiger partial charge in [0.2, 0.25) is 0 Å². The maximum atomic E-state index is 4.91. The first kappa shape index (κ1) is 17.2. The lowest BCUT2D eigenvalue weighted by molar-refractivity contribution is 0.126. The van der Waals surface area contributed by atoms with Crippen LogP contribution in [0.1, 0.15) is 57.7 Å². The number of hydrogen-bond donors (Lipinski definition) is 0. The fraction of sp³-hybridized carbons (Fsp3) is 0.500. The quantitative estimate of drug-likeness (QED) is 0.739. The number of nitrogens with zero attached hydrogens (tertiary/aromatic N) is 2. The molecular weight excluding hydrogens is 292 g/mol. The molecule has 2 heteroatoms. The smallest absolute Gasteiger partial charge is 0.0705 e. The summed E-state index contributed by atoms with van der Waals surface area (Å²) >= 11 is 0. The van der Waals surface area contributed by atoms with E-state index in [-0.39, 0.29) is 0 Å². The monoisotopic (exact) mass is 322 g/mol. The van der Waals surface area contributed by atoms with Crippen LogP contribution in [0.2, 0.25) is 0 Å². The molecule has 0 aliphatic carbocycles. The van der Waals surface area contributed by atoms with Gasteiger partial charge in [0.1, 0.15) is 0 Å². The van der Waals surface area contributed by atoms with Crippen LogP contribution < -0.4 is 0 Å². The van der Waals surface area contributed by atoms with Crippen LogP contribution in [0.15, 0.2) is 42.5 Å². The molecule has 0 atom stereocenters. The molecule has 0 radical (unpaired) electrons. The van der Waals surface area contributed by atoms with Gasteiger partial charge >= 0.3 is 0 Å². The van der Waals surface area contributed by atoms with Crippen LogP contribution in [0.4, 0.5) is 0 Å². The molecule has 2 heterocycles. The van der Waals surface area contributed by atoms with Gasteiger partial charge in [-0.3, -0.25) is 9.88 Å². The Morgan fingerprint density at radius 2 is 1.67 bits per heavy atom. The van der Waals surface area contributed by atoms with Crippen LogP contribution in [-0.2, 0) is 6.54 Å². The second kappa shape index (κ2) is 7.06. The van der Waals surface area contributed by atoms with Crippen LogP contribution in [-0.4, -0.2) is 23.0 Å². The highest BCUT2D eigenvalue weighted by molar-refractivity contribution is 5.59. The summed E-state index contributed by atoms with van der Waals surface area (Å²) in [6.07, 6.45) is 2.56. The average molecular weight is 322 g/mol. The van der Waals surface area contributed by atoms with Crippen LogP contribution in [0.5, 0.6) is 0 Å². The van der Waals surface area contributed by atoms with Crippen molar-refractivity contribution in [3.8, 4) is 11.3 Å². The molecule has 0 bridgehead atoms. The van der Waals surface area contributed by atoms with Crippen molar-refractivity contribution in [3.63, 3.8) is 0 Å². The fourth-order valence-electron chi connectivity index (χ4n) is 3.31. The molecule has 0 saturated carbocycles. The second-order valence-electron chi connectivity index (χ2n) is 8.23. The molecule has 24 heavy (non-hydrogen) atoms. The first-order chi connectivity index (χ1) is 11.4. The number of aromatic nitrogens is 1. The predicted octanol–water partition coefficient (Wildman–Crippen LogP) is 5.49. The third kappa shape index (κ3) is 4.24. The minimum atomic E-state index is 0.504. The van der Waals surface area contributed by atoms with E-state index in [4.69, 9.17) is 4.98 Å². The van der Waals surface area contributed by atoms with Crippen LogP contribution in [0, 0.1) is 5.41 Å². The van der Waals surface area contributed by atoms with Crippen molar-refractivity contribution in [1.82, 2.24) is 9.88 Å². The first-order valence-corrected chi connectivity index (χ1v) is 9.22. The number of hydrogen-bond acceptors (Lipinski definition) is 2. The van der Waals surface area contributed by atoms with E-state index in [0.29, 0.717) is 11.3 Å². The third-order valence-electron chi connectivity index (χ3n) is 5.28. The van der Waals surface area contributed by atoms with Crippen molar-refractivity contribution in [2.75, 3.05) is 13.1 Å². The minimum absolute atomic E-state index is 0.504. The lowest BCUT2D eigenvalue weighted by Crippen LogP contribution is -2.36. The zero-order valence-corrected chi connectivity index (χ0v) is 15.5. The molecule has 0 spiro atoms. The van der Waals surface area contributed by atoms with Gasteiger partial charge in [-0.1, -0.05) is 58.0 Å². The molecule has 0 N–H and O–H groups in total. The van der Waals surface area contributed by atoms with E-state index in [1.807, 2.05) is 0 Å². The molecular formula is C22H30N2. The summed E-state index contributed by atoms with van der Waals surface area (Å²) in [6.45, 7) is 12.5. The standard InChI is InChI=1S/C22H30N2/c1-17(2)18-8-10-19(11-9-18)21-7-5-6-20(23-21)16-24-14-12-22(3,4)13-15-24/h5-11,17H,12-16H2,1-4H3.